The maximum atomic E-state index is 12.5. The highest BCUT2D eigenvalue weighted by molar-refractivity contribution is 7.98. The SMILES string of the molecule is CSCCC(=O)N1CCC(c2ccc(NC(=O)C3CN(c4cccnn4)C3)cc2)CC1. The van der Waals surface area contributed by atoms with E-state index in [2.05, 4.69) is 32.5 Å². The number of nitrogens with one attached hydrogen (secondary N) is 1. The summed E-state index contributed by atoms with van der Waals surface area (Å²) in [6.45, 7) is 2.99. The van der Waals surface area contributed by atoms with Crippen molar-refractivity contribution in [1.82, 2.24) is 15.1 Å². The van der Waals surface area contributed by atoms with E-state index < -0.39 is 0 Å². The molecule has 4 rings (SSSR count). The van der Waals surface area contributed by atoms with E-state index in [9.17, 15) is 9.59 Å². The molecular formula is C23H29N5O2S. The predicted octanol–water partition coefficient (Wildman–Crippen LogP) is 3.01. The van der Waals surface area contributed by atoms with Crippen LogP contribution in [0.3, 0.4) is 0 Å². The van der Waals surface area contributed by atoms with E-state index in [4.69, 9.17) is 0 Å². The van der Waals surface area contributed by atoms with Crippen molar-refractivity contribution in [2.75, 3.05) is 48.4 Å². The van der Waals surface area contributed by atoms with Crippen LogP contribution in [-0.2, 0) is 9.59 Å². The number of aromatic nitrogens is 2. The molecule has 0 saturated carbocycles. The lowest BCUT2D eigenvalue weighted by Crippen LogP contribution is -2.52. The Hall–Kier alpha value is -2.61. The lowest BCUT2D eigenvalue weighted by molar-refractivity contribution is -0.131. The largest absolute Gasteiger partial charge is 0.353 e. The molecule has 7 nitrogen and oxygen atoms in total. The second-order valence-corrected chi connectivity index (χ2v) is 9.18. The van der Waals surface area contributed by atoms with Crippen molar-refractivity contribution >= 4 is 35.1 Å². The van der Waals surface area contributed by atoms with E-state index in [-0.39, 0.29) is 17.7 Å². The molecule has 1 aromatic heterocycles. The van der Waals surface area contributed by atoms with Crippen LogP contribution in [0.2, 0.25) is 0 Å². The minimum atomic E-state index is -0.0327. The molecule has 164 valence electrons. The molecule has 0 spiro atoms. The summed E-state index contributed by atoms with van der Waals surface area (Å²) < 4.78 is 0. The van der Waals surface area contributed by atoms with Crippen molar-refractivity contribution in [3.63, 3.8) is 0 Å². The number of thioether (sulfide) groups is 1. The Kier molecular flexibility index (Phi) is 7.06. The van der Waals surface area contributed by atoms with E-state index in [1.807, 2.05) is 35.4 Å². The first-order valence-corrected chi connectivity index (χ1v) is 12.2. The number of hydrogen-bond acceptors (Lipinski definition) is 6. The van der Waals surface area contributed by atoms with Crippen molar-refractivity contribution in [2.24, 2.45) is 5.92 Å². The normalized spacial score (nSPS) is 17.3. The molecule has 0 radical (unpaired) electrons. The topological polar surface area (TPSA) is 78.4 Å². The van der Waals surface area contributed by atoms with Crippen LogP contribution in [0.15, 0.2) is 42.6 Å². The molecule has 2 amide bonds. The number of anilines is 2. The highest BCUT2D eigenvalue weighted by Crippen LogP contribution is 2.29. The number of piperidine rings is 1. The third-order valence-corrected chi connectivity index (χ3v) is 6.76. The Balaban J connectivity index is 1.23. The standard InChI is InChI=1S/C23H29N5O2S/c1-31-14-10-22(29)27-12-8-18(9-13-27)17-4-6-20(7-5-17)25-23(30)19-15-28(16-19)21-3-2-11-24-26-21/h2-7,11,18-19H,8-10,12-16H2,1H3,(H,25,30). The van der Waals surface area contributed by atoms with Gasteiger partial charge in [0.15, 0.2) is 5.82 Å². The molecule has 1 N–H and O–H groups in total. The van der Waals surface area contributed by atoms with E-state index in [0.717, 1.165) is 43.2 Å². The maximum Gasteiger partial charge on any atom is 0.231 e. The summed E-state index contributed by atoms with van der Waals surface area (Å²) in [6, 6.07) is 12.0. The average molecular weight is 440 g/mol. The van der Waals surface area contributed by atoms with Crippen molar-refractivity contribution in [3.05, 3.63) is 48.2 Å². The van der Waals surface area contributed by atoms with E-state index >= 15 is 0 Å². The number of nitrogens with zero attached hydrogens (tertiary/aromatic N) is 4. The van der Waals surface area contributed by atoms with Crippen molar-refractivity contribution in [3.8, 4) is 0 Å². The summed E-state index contributed by atoms with van der Waals surface area (Å²) >= 11 is 1.72. The van der Waals surface area contributed by atoms with Crippen LogP contribution < -0.4 is 10.2 Å². The van der Waals surface area contributed by atoms with Gasteiger partial charge in [-0.3, -0.25) is 9.59 Å². The Labute approximate surface area is 187 Å². The summed E-state index contributed by atoms with van der Waals surface area (Å²) in [4.78, 5) is 28.8. The van der Waals surface area contributed by atoms with E-state index in [1.54, 1.807) is 18.0 Å². The monoisotopic (exact) mass is 439 g/mol. The second kappa shape index (κ2) is 10.1. The summed E-state index contributed by atoms with van der Waals surface area (Å²) in [7, 11) is 0. The molecular weight excluding hydrogens is 410 g/mol. The van der Waals surface area contributed by atoms with Gasteiger partial charge in [0.2, 0.25) is 11.8 Å². The van der Waals surface area contributed by atoms with Crippen LogP contribution in [0.5, 0.6) is 0 Å². The lowest BCUT2D eigenvalue weighted by Gasteiger charge is -2.38. The van der Waals surface area contributed by atoms with Crippen LogP contribution >= 0.6 is 11.8 Å². The fraction of sp³-hybridized carbons (Fsp3) is 0.478. The average Bonchev–Trinajstić information content (AvgIpc) is 2.78. The molecule has 2 saturated heterocycles. The van der Waals surface area contributed by atoms with Gasteiger partial charge in [0.05, 0.1) is 5.92 Å². The molecule has 0 atom stereocenters. The predicted molar refractivity (Wildman–Crippen MR) is 124 cm³/mol. The van der Waals surface area contributed by atoms with Gasteiger partial charge < -0.3 is 15.1 Å². The van der Waals surface area contributed by atoms with Crippen LogP contribution in [-0.4, -0.2) is 65.1 Å². The summed E-state index contributed by atoms with van der Waals surface area (Å²) in [5.41, 5.74) is 2.11. The highest BCUT2D eigenvalue weighted by atomic mass is 32.2. The van der Waals surface area contributed by atoms with Gasteiger partial charge in [-0.25, -0.2) is 0 Å². The number of amides is 2. The maximum absolute atomic E-state index is 12.5. The van der Waals surface area contributed by atoms with Crippen molar-refractivity contribution < 1.29 is 9.59 Å². The van der Waals surface area contributed by atoms with Gasteiger partial charge in [0.25, 0.3) is 0 Å². The molecule has 3 heterocycles. The molecule has 2 aliphatic rings. The van der Waals surface area contributed by atoms with Crippen LogP contribution in [0, 0.1) is 5.92 Å². The van der Waals surface area contributed by atoms with E-state index in [0.29, 0.717) is 25.4 Å². The van der Waals surface area contributed by atoms with Gasteiger partial charge in [-0.1, -0.05) is 12.1 Å². The van der Waals surface area contributed by atoms with Gasteiger partial charge in [-0.15, -0.1) is 5.10 Å². The van der Waals surface area contributed by atoms with Crippen molar-refractivity contribution in [2.45, 2.75) is 25.2 Å². The first kappa shape index (κ1) is 21.6. The van der Waals surface area contributed by atoms with Gasteiger partial charge in [-0.2, -0.15) is 16.9 Å². The third-order valence-electron chi connectivity index (χ3n) is 6.15. The molecule has 2 fully saturated rings. The van der Waals surface area contributed by atoms with Gasteiger partial charge >= 0.3 is 0 Å². The molecule has 31 heavy (non-hydrogen) atoms. The summed E-state index contributed by atoms with van der Waals surface area (Å²) in [5.74, 6) is 2.47. The highest BCUT2D eigenvalue weighted by Gasteiger charge is 2.33. The van der Waals surface area contributed by atoms with Crippen LogP contribution in [0.1, 0.15) is 30.7 Å². The zero-order valence-corrected chi connectivity index (χ0v) is 18.7. The minimum absolute atomic E-state index is 0.0327. The molecule has 0 bridgehead atoms. The first-order chi connectivity index (χ1) is 15.1. The Morgan fingerprint density at radius 1 is 1.13 bits per heavy atom. The fourth-order valence-electron chi connectivity index (χ4n) is 4.19. The first-order valence-electron chi connectivity index (χ1n) is 10.8. The molecule has 0 unspecified atom stereocenters. The number of hydrogen-bond donors (Lipinski definition) is 1. The zero-order valence-electron chi connectivity index (χ0n) is 17.9. The van der Waals surface area contributed by atoms with Crippen LogP contribution in [0.25, 0.3) is 0 Å². The molecule has 8 heteroatoms. The second-order valence-electron chi connectivity index (χ2n) is 8.19. The van der Waals surface area contributed by atoms with Gasteiger partial charge in [0, 0.05) is 50.2 Å². The van der Waals surface area contributed by atoms with Crippen molar-refractivity contribution in [1.29, 1.82) is 0 Å². The Morgan fingerprint density at radius 2 is 1.87 bits per heavy atom. The van der Waals surface area contributed by atoms with Gasteiger partial charge in [-0.05, 0) is 54.8 Å². The molecule has 1 aromatic carbocycles. The molecule has 0 aliphatic carbocycles. The fourth-order valence-corrected chi connectivity index (χ4v) is 4.56. The van der Waals surface area contributed by atoms with Crippen LogP contribution in [0.4, 0.5) is 11.5 Å². The summed E-state index contributed by atoms with van der Waals surface area (Å²) in [6.07, 6.45) is 6.31. The molecule has 2 aliphatic heterocycles. The summed E-state index contributed by atoms with van der Waals surface area (Å²) in [5, 5.41) is 11.0. The number of carbonyl (C=O) groups excluding carboxylic acids is 2. The van der Waals surface area contributed by atoms with Gasteiger partial charge in [0.1, 0.15) is 0 Å². The third kappa shape index (κ3) is 5.36. The number of benzene rings is 1. The van der Waals surface area contributed by atoms with E-state index in [1.165, 1.54) is 5.56 Å². The Bertz CT molecular complexity index is 879. The molecule has 2 aromatic rings. The smallest absolute Gasteiger partial charge is 0.231 e. The lowest BCUT2D eigenvalue weighted by atomic mass is 9.89. The Morgan fingerprint density at radius 3 is 2.52 bits per heavy atom. The number of likely N-dealkylation sites (tertiary alicyclic amines) is 1. The number of carbonyl (C=O) groups is 2. The quantitative estimate of drug-likeness (QED) is 0.715. The minimum Gasteiger partial charge on any atom is -0.353 e. The zero-order chi connectivity index (χ0) is 21.6. The number of rotatable bonds is 7.